The highest BCUT2D eigenvalue weighted by Crippen LogP contribution is 2.44. The Morgan fingerprint density at radius 3 is 1.54 bits per heavy atom. The zero-order chi connectivity index (χ0) is 16.8. The van der Waals surface area contributed by atoms with Crippen LogP contribution in [0.25, 0.3) is 0 Å². The first-order valence-electron chi connectivity index (χ1n) is 8.21. The van der Waals surface area contributed by atoms with Gasteiger partial charge in [-0.2, -0.15) is 0 Å². The van der Waals surface area contributed by atoms with Crippen molar-refractivity contribution in [2.24, 2.45) is 0 Å². The van der Waals surface area contributed by atoms with Crippen LogP contribution in [0.4, 0.5) is 0 Å². The molecule has 0 fully saturated rings. The molecule has 1 unspecified atom stereocenters. The highest BCUT2D eigenvalue weighted by atomic mass is 16.3. The second-order valence-corrected chi connectivity index (χ2v) is 6.02. The lowest BCUT2D eigenvalue weighted by atomic mass is 9.65. The fraction of sp³-hybridized carbons (Fsp3) is 0.130. The highest BCUT2D eigenvalue weighted by molar-refractivity contribution is 5.45. The van der Waals surface area contributed by atoms with Gasteiger partial charge < -0.3 is 5.11 Å². The van der Waals surface area contributed by atoms with E-state index in [1.54, 1.807) is 0 Å². The first-order chi connectivity index (χ1) is 11.8. The van der Waals surface area contributed by atoms with Gasteiger partial charge >= 0.3 is 0 Å². The predicted octanol–water partition coefficient (Wildman–Crippen LogP) is 4.93. The molecule has 0 bridgehead atoms. The normalized spacial score (nSPS) is 13.4. The number of hydrogen-bond donors (Lipinski definition) is 1. The first kappa shape index (κ1) is 16.2. The monoisotopic (exact) mass is 314 g/mol. The Morgan fingerprint density at radius 2 is 1.17 bits per heavy atom. The molecule has 3 rings (SSSR count). The topological polar surface area (TPSA) is 20.2 Å². The molecule has 0 spiro atoms. The Bertz CT molecular complexity index is 725. The average molecular weight is 314 g/mol. The van der Waals surface area contributed by atoms with Gasteiger partial charge in [-0.25, -0.2) is 0 Å². The molecule has 0 aromatic heterocycles. The van der Waals surface area contributed by atoms with E-state index in [4.69, 9.17) is 0 Å². The van der Waals surface area contributed by atoms with E-state index < -0.39 is 5.41 Å². The minimum atomic E-state index is -0.579. The maximum Gasteiger partial charge on any atom is 0.0571 e. The molecular weight excluding hydrogens is 292 g/mol. The Morgan fingerprint density at radius 1 is 0.750 bits per heavy atom. The average Bonchev–Trinajstić information content (AvgIpc) is 2.68. The van der Waals surface area contributed by atoms with Crippen LogP contribution in [0.3, 0.4) is 0 Å². The zero-order valence-corrected chi connectivity index (χ0v) is 13.7. The van der Waals surface area contributed by atoms with E-state index in [2.05, 4.69) is 43.0 Å². The van der Waals surface area contributed by atoms with Crippen molar-refractivity contribution in [3.63, 3.8) is 0 Å². The lowest BCUT2D eigenvalue weighted by Gasteiger charge is -2.38. The van der Waals surface area contributed by atoms with Gasteiger partial charge in [0.2, 0.25) is 0 Å². The van der Waals surface area contributed by atoms with Crippen LogP contribution in [-0.2, 0) is 5.41 Å². The van der Waals surface area contributed by atoms with Crippen LogP contribution in [0.15, 0.2) is 104 Å². The van der Waals surface area contributed by atoms with Crippen molar-refractivity contribution < 1.29 is 5.11 Å². The minimum Gasteiger partial charge on any atom is -0.395 e. The maximum absolute atomic E-state index is 10.5. The quantitative estimate of drug-likeness (QED) is 0.639. The molecule has 1 atom stereocenters. The van der Waals surface area contributed by atoms with Crippen LogP contribution in [-0.4, -0.2) is 11.7 Å². The number of aliphatic hydroxyl groups is 1. The van der Waals surface area contributed by atoms with Crippen molar-refractivity contribution in [1.82, 2.24) is 0 Å². The van der Waals surface area contributed by atoms with Crippen molar-refractivity contribution in [1.29, 1.82) is 0 Å². The largest absolute Gasteiger partial charge is 0.395 e. The van der Waals surface area contributed by atoms with Gasteiger partial charge in [0.25, 0.3) is 0 Å². The molecule has 1 N–H and O–H groups in total. The SMILES string of the molecule is C=CC(CO)(c1ccccc1)C(c1ccccc1)c1ccccc1. The van der Waals surface area contributed by atoms with Crippen LogP contribution in [0.1, 0.15) is 22.6 Å². The van der Waals surface area contributed by atoms with E-state index in [9.17, 15) is 5.11 Å². The predicted molar refractivity (Wildman–Crippen MR) is 100 cm³/mol. The van der Waals surface area contributed by atoms with Gasteiger partial charge in [-0.1, -0.05) is 97.1 Å². The Hall–Kier alpha value is -2.64. The Balaban J connectivity index is 2.25. The summed E-state index contributed by atoms with van der Waals surface area (Å²) in [6, 6.07) is 30.8. The molecule has 0 heterocycles. The van der Waals surface area contributed by atoms with Crippen molar-refractivity contribution in [3.05, 3.63) is 120 Å². The summed E-state index contributed by atoms with van der Waals surface area (Å²) in [5.41, 5.74) is 2.83. The summed E-state index contributed by atoms with van der Waals surface area (Å²) in [6.07, 6.45) is 1.90. The van der Waals surface area contributed by atoms with Gasteiger partial charge in [0.1, 0.15) is 0 Å². The van der Waals surface area contributed by atoms with Crippen molar-refractivity contribution >= 4 is 0 Å². The summed E-state index contributed by atoms with van der Waals surface area (Å²) >= 11 is 0. The maximum atomic E-state index is 10.5. The molecule has 0 radical (unpaired) electrons. The van der Waals surface area contributed by atoms with E-state index in [1.165, 1.54) is 11.1 Å². The Labute approximate surface area is 143 Å². The Kier molecular flexibility index (Phi) is 4.93. The lowest BCUT2D eigenvalue weighted by Crippen LogP contribution is -2.36. The van der Waals surface area contributed by atoms with E-state index in [-0.39, 0.29) is 12.5 Å². The van der Waals surface area contributed by atoms with Crippen LogP contribution in [0, 0.1) is 0 Å². The van der Waals surface area contributed by atoms with E-state index >= 15 is 0 Å². The molecule has 0 saturated carbocycles. The standard InChI is InChI=1S/C23H22O/c1-2-23(18-24,21-16-10-5-11-17-21)22(19-12-6-3-7-13-19)20-14-8-4-9-15-20/h2-17,22,24H,1,18H2. The second kappa shape index (κ2) is 7.29. The van der Waals surface area contributed by atoms with E-state index in [0.29, 0.717) is 0 Å². The van der Waals surface area contributed by atoms with Gasteiger partial charge in [-0.05, 0) is 16.7 Å². The summed E-state index contributed by atoms with van der Waals surface area (Å²) in [5, 5.41) is 10.5. The van der Waals surface area contributed by atoms with Crippen LogP contribution >= 0.6 is 0 Å². The number of hydrogen-bond acceptors (Lipinski definition) is 1. The van der Waals surface area contributed by atoms with Crippen LogP contribution in [0.2, 0.25) is 0 Å². The van der Waals surface area contributed by atoms with Gasteiger partial charge in [0, 0.05) is 11.3 Å². The fourth-order valence-corrected chi connectivity index (χ4v) is 3.48. The summed E-state index contributed by atoms with van der Waals surface area (Å²) in [5.74, 6) is -0.00944. The molecule has 0 amide bonds. The lowest BCUT2D eigenvalue weighted by molar-refractivity contribution is 0.211. The molecular formula is C23H22O. The van der Waals surface area contributed by atoms with Crippen molar-refractivity contribution in [2.45, 2.75) is 11.3 Å². The summed E-state index contributed by atoms with van der Waals surface area (Å²) < 4.78 is 0. The summed E-state index contributed by atoms with van der Waals surface area (Å²) in [6.45, 7) is 4.09. The first-order valence-corrected chi connectivity index (χ1v) is 8.21. The van der Waals surface area contributed by atoms with E-state index in [1.807, 2.05) is 60.7 Å². The molecule has 3 aromatic rings. The van der Waals surface area contributed by atoms with Gasteiger partial charge in [-0.3, -0.25) is 0 Å². The minimum absolute atomic E-state index is 0.00499. The smallest absolute Gasteiger partial charge is 0.0571 e. The molecule has 0 aliphatic rings. The third-order valence-corrected chi connectivity index (χ3v) is 4.72. The molecule has 0 aliphatic carbocycles. The number of aliphatic hydroxyl groups excluding tert-OH is 1. The van der Waals surface area contributed by atoms with Gasteiger partial charge in [0.15, 0.2) is 0 Å². The number of benzene rings is 3. The molecule has 1 heteroatoms. The van der Waals surface area contributed by atoms with Gasteiger partial charge in [-0.15, -0.1) is 6.58 Å². The molecule has 24 heavy (non-hydrogen) atoms. The molecule has 1 nitrogen and oxygen atoms in total. The third-order valence-electron chi connectivity index (χ3n) is 4.72. The highest BCUT2D eigenvalue weighted by Gasteiger charge is 2.39. The van der Waals surface area contributed by atoms with Crippen molar-refractivity contribution in [3.8, 4) is 0 Å². The summed E-state index contributed by atoms with van der Waals surface area (Å²) in [7, 11) is 0. The zero-order valence-electron chi connectivity index (χ0n) is 13.7. The number of rotatable bonds is 6. The molecule has 3 aromatic carbocycles. The van der Waals surface area contributed by atoms with Crippen LogP contribution in [0.5, 0.6) is 0 Å². The van der Waals surface area contributed by atoms with E-state index in [0.717, 1.165) is 5.56 Å². The molecule has 120 valence electrons. The van der Waals surface area contributed by atoms with Gasteiger partial charge in [0.05, 0.1) is 6.61 Å². The second-order valence-electron chi connectivity index (χ2n) is 6.02. The molecule has 0 saturated heterocycles. The summed E-state index contributed by atoms with van der Waals surface area (Å²) in [4.78, 5) is 0. The molecule has 0 aliphatic heterocycles. The van der Waals surface area contributed by atoms with Crippen LogP contribution < -0.4 is 0 Å². The fourth-order valence-electron chi connectivity index (χ4n) is 3.48. The third kappa shape index (κ3) is 2.91. The van der Waals surface area contributed by atoms with Crippen molar-refractivity contribution in [2.75, 3.05) is 6.61 Å².